The molecule has 0 saturated carbocycles. The molecule has 0 aliphatic rings. The molecule has 2 rings (SSSR count). The topological polar surface area (TPSA) is 37.4 Å². The van der Waals surface area contributed by atoms with Gasteiger partial charge in [0.15, 0.2) is 0 Å². The van der Waals surface area contributed by atoms with Crippen molar-refractivity contribution < 1.29 is 21.6 Å². The summed E-state index contributed by atoms with van der Waals surface area (Å²) in [6.45, 7) is 1.18. The minimum Gasteiger partial charge on any atom is -0.203 e. The molecule has 0 aromatic heterocycles. The maximum Gasteiger partial charge on any atom is 0.511 e. The zero-order chi connectivity index (χ0) is 18.5. The summed E-state index contributed by atoms with van der Waals surface area (Å²) in [4.78, 5) is 0. The van der Waals surface area contributed by atoms with E-state index in [0.717, 1.165) is 11.1 Å². The van der Waals surface area contributed by atoms with E-state index in [9.17, 15) is 21.6 Å². The molecule has 2 aromatic carbocycles. The molecular weight excluding hydrogens is 351 g/mol. The number of hydrogen-bond donors (Lipinski definition) is 0. The van der Waals surface area contributed by atoms with Gasteiger partial charge in [-0.3, -0.25) is 0 Å². The molecule has 0 spiro atoms. The van der Waals surface area contributed by atoms with Gasteiger partial charge in [-0.2, -0.15) is 17.5 Å². The first-order chi connectivity index (χ1) is 11.7. The lowest BCUT2D eigenvalue weighted by molar-refractivity contribution is -0.0488. The van der Waals surface area contributed by atoms with Crippen LogP contribution in [0.15, 0.2) is 60.7 Å². The molecule has 134 valence electrons. The van der Waals surface area contributed by atoms with E-state index in [2.05, 4.69) is 0 Å². The SMILES string of the molecule is Cc1cccc(/C=C/CN(Cc2ccccc2)S(=O)(=O)C(F)(F)F)c1. The summed E-state index contributed by atoms with van der Waals surface area (Å²) in [7, 11) is -5.42. The minimum atomic E-state index is -5.42. The van der Waals surface area contributed by atoms with Crippen molar-refractivity contribution in [2.45, 2.75) is 19.0 Å². The lowest BCUT2D eigenvalue weighted by Crippen LogP contribution is -2.40. The molecule has 0 bridgehead atoms. The van der Waals surface area contributed by atoms with E-state index < -0.39 is 15.5 Å². The number of alkyl halides is 3. The number of halogens is 3. The number of aryl methyl sites for hydroxylation is 1. The van der Waals surface area contributed by atoms with Crippen LogP contribution in [-0.4, -0.2) is 24.8 Å². The Hall–Kier alpha value is -2.12. The highest BCUT2D eigenvalue weighted by atomic mass is 32.2. The second-order valence-corrected chi connectivity index (χ2v) is 7.47. The van der Waals surface area contributed by atoms with Gasteiger partial charge in [-0.1, -0.05) is 72.3 Å². The second-order valence-electron chi connectivity index (χ2n) is 5.55. The highest BCUT2D eigenvalue weighted by Crippen LogP contribution is 2.28. The molecule has 0 atom stereocenters. The summed E-state index contributed by atoms with van der Waals surface area (Å²) in [5, 5.41) is 0. The molecule has 0 heterocycles. The van der Waals surface area contributed by atoms with Gasteiger partial charge in [0.25, 0.3) is 0 Å². The van der Waals surface area contributed by atoms with Gasteiger partial charge in [0, 0.05) is 13.1 Å². The van der Waals surface area contributed by atoms with Gasteiger partial charge in [0.05, 0.1) is 0 Å². The third-order valence-corrected chi connectivity index (χ3v) is 5.04. The molecule has 0 unspecified atom stereocenters. The van der Waals surface area contributed by atoms with Crippen molar-refractivity contribution in [2.75, 3.05) is 6.54 Å². The highest BCUT2D eigenvalue weighted by Gasteiger charge is 2.49. The van der Waals surface area contributed by atoms with Gasteiger partial charge < -0.3 is 0 Å². The largest absolute Gasteiger partial charge is 0.511 e. The van der Waals surface area contributed by atoms with Crippen molar-refractivity contribution >= 4 is 16.1 Å². The Balaban J connectivity index is 2.23. The van der Waals surface area contributed by atoms with Crippen molar-refractivity contribution in [1.29, 1.82) is 0 Å². The molecule has 3 nitrogen and oxygen atoms in total. The summed E-state index contributed by atoms with van der Waals surface area (Å²) in [6.07, 6.45) is 3.03. The third-order valence-electron chi connectivity index (χ3n) is 3.50. The Morgan fingerprint density at radius 3 is 2.32 bits per heavy atom. The highest BCUT2D eigenvalue weighted by molar-refractivity contribution is 7.89. The van der Waals surface area contributed by atoms with Crippen LogP contribution in [0.25, 0.3) is 6.08 Å². The molecule has 7 heteroatoms. The molecule has 0 aliphatic carbocycles. The van der Waals surface area contributed by atoms with E-state index >= 15 is 0 Å². The van der Waals surface area contributed by atoms with Gasteiger partial charge in [-0.15, -0.1) is 0 Å². The van der Waals surface area contributed by atoms with Crippen molar-refractivity contribution in [1.82, 2.24) is 4.31 Å². The van der Waals surface area contributed by atoms with E-state index in [0.29, 0.717) is 9.87 Å². The van der Waals surface area contributed by atoms with Crippen LogP contribution >= 0.6 is 0 Å². The maximum absolute atomic E-state index is 12.9. The predicted molar refractivity (Wildman–Crippen MR) is 92.0 cm³/mol. The van der Waals surface area contributed by atoms with Gasteiger partial charge in [-0.05, 0) is 18.1 Å². The van der Waals surface area contributed by atoms with Gasteiger partial charge in [0.1, 0.15) is 0 Å². The molecule has 0 radical (unpaired) electrons. The Labute approximate surface area is 145 Å². The molecule has 0 saturated heterocycles. The molecular formula is C18H18F3NO2S. The minimum absolute atomic E-state index is 0.346. The van der Waals surface area contributed by atoms with E-state index in [1.54, 1.807) is 42.5 Å². The fourth-order valence-electron chi connectivity index (χ4n) is 2.26. The third kappa shape index (κ3) is 5.17. The van der Waals surface area contributed by atoms with Crippen LogP contribution in [0.3, 0.4) is 0 Å². The van der Waals surface area contributed by atoms with Crippen molar-refractivity contribution in [3.8, 4) is 0 Å². The van der Waals surface area contributed by atoms with Gasteiger partial charge in [-0.25, -0.2) is 8.42 Å². The zero-order valence-corrected chi connectivity index (χ0v) is 14.4. The smallest absolute Gasteiger partial charge is 0.203 e. The van der Waals surface area contributed by atoms with Crippen LogP contribution in [0.5, 0.6) is 0 Å². The molecule has 2 aromatic rings. The number of nitrogens with zero attached hydrogens (tertiary/aromatic N) is 1. The Morgan fingerprint density at radius 2 is 1.72 bits per heavy atom. The monoisotopic (exact) mass is 369 g/mol. The van der Waals surface area contributed by atoms with E-state index in [-0.39, 0.29) is 13.1 Å². The summed E-state index contributed by atoms with van der Waals surface area (Å²) in [5.74, 6) is 0. The molecule has 0 N–H and O–H groups in total. The quantitative estimate of drug-likeness (QED) is 0.759. The maximum atomic E-state index is 12.9. The standard InChI is InChI=1S/C18H18F3NO2S/c1-15-7-5-10-16(13-15)11-6-12-22(25(23,24)18(19,20)21)14-17-8-3-2-4-9-17/h2-11,13H,12,14H2,1H3/b11-6+. The average molecular weight is 369 g/mol. The zero-order valence-electron chi connectivity index (χ0n) is 13.6. The predicted octanol–water partition coefficient (Wildman–Crippen LogP) is 4.36. The van der Waals surface area contributed by atoms with Crippen molar-refractivity contribution in [2.24, 2.45) is 0 Å². The van der Waals surface area contributed by atoms with Gasteiger partial charge >= 0.3 is 15.5 Å². The van der Waals surface area contributed by atoms with Crippen molar-refractivity contribution in [3.63, 3.8) is 0 Å². The van der Waals surface area contributed by atoms with E-state index in [1.165, 1.54) is 6.08 Å². The molecule has 0 aliphatic heterocycles. The first-order valence-electron chi connectivity index (χ1n) is 7.54. The second kappa shape index (κ2) is 7.84. The normalized spacial score (nSPS) is 12.8. The van der Waals surface area contributed by atoms with E-state index in [4.69, 9.17) is 0 Å². The average Bonchev–Trinajstić information content (AvgIpc) is 2.54. The molecule has 0 amide bonds. The van der Waals surface area contributed by atoms with Crippen LogP contribution in [0.2, 0.25) is 0 Å². The summed E-state index contributed by atoms with van der Waals surface area (Å²) in [5.41, 5.74) is -3.05. The van der Waals surface area contributed by atoms with Crippen LogP contribution in [0.4, 0.5) is 13.2 Å². The first kappa shape index (κ1) is 19.2. The summed E-state index contributed by atoms with van der Waals surface area (Å²) < 4.78 is 62.9. The number of sulfonamides is 1. The summed E-state index contributed by atoms with van der Waals surface area (Å²) >= 11 is 0. The lowest BCUT2D eigenvalue weighted by atomic mass is 10.1. The Morgan fingerprint density at radius 1 is 1.04 bits per heavy atom. The number of hydrogen-bond acceptors (Lipinski definition) is 2. The van der Waals surface area contributed by atoms with E-state index in [1.807, 2.05) is 25.1 Å². The summed E-state index contributed by atoms with van der Waals surface area (Å²) in [6, 6.07) is 15.6. The lowest BCUT2D eigenvalue weighted by Gasteiger charge is -2.22. The fourth-order valence-corrected chi connectivity index (χ4v) is 3.16. The van der Waals surface area contributed by atoms with Crippen molar-refractivity contribution in [3.05, 3.63) is 77.4 Å². The Bertz CT molecular complexity index is 831. The van der Waals surface area contributed by atoms with Crippen LogP contribution in [0.1, 0.15) is 16.7 Å². The van der Waals surface area contributed by atoms with Crippen LogP contribution < -0.4 is 0 Å². The number of benzene rings is 2. The molecule has 25 heavy (non-hydrogen) atoms. The van der Waals surface area contributed by atoms with Crippen LogP contribution in [-0.2, 0) is 16.6 Å². The molecule has 0 fully saturated rings. The Kier molecular flexibility index (Phi) is 6.02. The number of rotatable bonds is 6. The van der Waals surface area contributed by atoms with Gasteiger partial charge in [0.2, 0.25) is 0 Å². The first-order valence-corrected chi connectivity index (χ1v) is 8.98. The fraction of sp³-hybridized carbons (Fsp3) is 0.222. The van der Waals surface area contributed by atoms with Crippen LogP contribution in [0, 0.1) is 6.92 Å².